The van der Waals surface area contributed by atoms with Gasteiger partial charge in [0, 0.05) is 20.6 Å². The van der Waals surface area contributed by atoms with Gasteiger partial charge in [0.2, 0.25) is 0 Å². The molecule has 1 radical (unpaired) electrons. The first-order chi connectivity index (χ1) is 4.86. The molecule has 0 aliphatic heterocycles. The van der Waals surface area contributed by atoms with Gasteiger partial charge in [0.05, 0.1) is 0 Å². The molecule has 1 aromatic carbocycles. The van der Waals surface area contributed by atoms with E-state index in [0.717, 1.165) is 4.47 Å². The van der Waals surface area contributed by atoms with E-state index >= 15 is 0 Å². The van der Waals surface area contributed by atoms with Crippen LogP contribution in [0.25, 0.3) is 10.1 Å². The lowest BCUT2D eigenvalue weighted by Gasteiger charge is -1.88. The molecule has 0 aliphatic carbocycles. The molecule has 0 spiro atoms. The quantitative estimate of drug-likeness (QED) is 0.627. The van der Waals surface area contributed by atoms with Gasteiger partial charge in [0.15, 0.2) is 0 Å². The Balaban J connectivity index is 2.86. The van der Waals surface area contributed by atoms with E-state index in [1.165, 1.54) is 10.1 Å². The average Bonchev–Trinajstić information content (AvgIpc) is 2.33. The van der Waals surface area contributed by atoms with Gasteiger partial charge in [-0.1, -0.05) is 22.0 Å². The molecular weight excluding hydrogens is 208 g/mol. The van der Waals surface area contributed by atoms with Gasteiger partial charge in [-0.3, -0.25) is 0 Å². The SMILES string of the molecule is Brc1ccc2[c]csc2c1. The van der Waals surface area contributed by atoms with Crippen molar-refractivity contribution in [2.24, 2.45) is 0 Å². The van der Waals surface area contributed by atoms with Gasteiger partial charge in [0.1, 0.15) is 0 Å². The van der Waals surface area contributed by atoms with Gasteiger partial charge in [-0.2, -0.15) is 0 Å². The maximum Gasteiger partial charge on any atom is 0.0360 e. The van der Waals surface area contributed by atoms with Crippen LogP contribution in [-0.4, -0.2) is 0 Å². The Morgan fingerprint density at radius 2 is 2.30 bits per heavy atom. The Bertz CT molecular complexity index is 351. The summed E-state index contributed by atoms with van der Waals surface area (Å²) in [4.78, 5) is 0. The molecule has 0 saturated heterocycles. The third-order valence-electron chi connectivity index (χ3n) is 1.34. The van der Waals surface area contributed by atoms with Crippen LogP contribution in [0.4, 0.5) is 0 Å². The van der Waals surface area contributed by atoms with Crippen LogP contribution in [0, 0.1) is 6.07 Å². The predicted octanol–water partition coefficient (Wildman–Crippen LogP) is 3.46. The summed E-state index contributed by atoms with van der Waals surface area (Å²) in [7, 11) is 0. The number of benzene rings is 1. The number of thiophene rings is 1. The van der Waals surface area contributed by atoms with E-state index in [0.29, 0.717) is 0 Å². The summed E-state index contributed by atoms with van der Waals surface area (Å²) in [5.74, 6) is 0. The van der Waals surface area contributed by atoms with Crippen molar-refractivity contribution in [2.75, 3.05) is 0 Å². The van der Waals surface area contributed by atoms with E-state index < -0.39 is 0 Å². The highest BCUT2D eigenvalue weighted by Gasteiger charge is 1.93. The smallest absolute Gasteiger partial charge is 0.0360 e. The molecule has 0 nitrogen and oxygen atoms in total. The first-order valence-corrected chi connectivity index (χ1v) is 4.58. The summed E-state index contributed by atoms with van der Waals surface area (Å²) in [6.07, 6.45) is 0. The minimum absolute atomic E-state index is 1.14. The lowest BCUT2D eigenvalue weighted by atomic mass is 10.3. The maximum absolute atomic E-state index is 3.41. The first-order valence-electron chi connectivity index (χ1n) is 2.91. The largest absolute Gasteiger partial charge is 0.143 e. The van der Waals surface area contributed by atoms with Gasteiger partial charge in [-0.15, -0.1) is 11.3 Å². The van der Waals surface area contributed by atoms with Crippen molar-refractivity contribution in [3.8, 4) is 0 Å². The Morgan fingerprint density at radius 3 is 3.20 bits per heavy atom. The molecule has 1 heterocycles. The average molecular weight is 212 g/mol. The molecule has 2 rings (SSSR count). The zero-order chi connectivity index (χ0) is 6.97. The normalized spacial score (nSPS) is 10.5. The van der Waals surface area contributed by atoms with Crippen LogP contribution in [0.5, 0.6) is 0 Å². The highest BCUT2D eigenvalue weighted by molar-refractivity contribution is 9.10. The van der Waals surface area contributed by atoms with Crippen molar-refractivity contribution in [3.05, 3.63) is 34.1 Å². The number of rotatable bonds is 0. The fourth-order valence-electron chi connectivity index (χ4n) is 0.869. The van der Waals surface area contributed by atoms with Crippen molar-refractivity contribution in [2.45, 2.75) is 0 Å². The summed E-state index contributed by atoms with van der Waals surface area (Å²) in [5.41, 5.74) is 0. The summed E-state index contributed by atoms with van der Waals surface area (Å²) in [6, 6.07) is 9.35. The maximum atomic E-state index is 3.41. The number of fused-ring (bicyclic) bond motifs is 1. The molecule has 0 amide bonds. The third-order valence-corrected chi connectivity index (χ3v) is 2.66. The van der Waals surface area contributed by atoms with Gasteiger partial charge >= 0.3 is 0 Å². The lowest BCUT2D eigenvalue weighted by Crippen LogP contribution is -1.62. The summed E-state index contributed by atoms with van der Waals surface area (Å²) < 4.78 is 2.42. The Hall–Kier alpha value is -0.340. The first kappa shape index (κ1) is 6.38. The number of hydrogen-bond donors (Lipinski definition) is 0. The predicted molar refractivity (Wildman–Crippen MR) is 48.4 cm³/mol. The van der Waals surface area contributed by atoms with Crippen molar-refractivity contribution in [1.29, 1.82) is 0 Å². The molecule has 49 valence electrons. The van der Waals surface area contributed by atoms with E-state index in [-0.39, 0.29) is 0 Å². The summed E-state index contributed by atoms with van der Waals surface area (Å²) >= 11 is 5.13. The van der Waals surface area contributed by atoms with Crippen LogP contribution in [-0.2, 0) is 0 Å². The fourth-order valence-corrected chi connectivity index (χ4v) is 2.14. The highest BCUT2D eigenvalue weighted by atomic mass is 79.9. The molecule has 2 heteroatoms. The molecule has 0 bridgehead atoms. The zero-order valence-corrected chi connectivity index (χ0v) is 7.50. The van der Waals surface area contributed by atoms with Crippen molar-refractivity contribution >= 4 is 37.4 Å². The van der Waals surface area contributed by atoms with E-state index in [1.807, 2.05) is 11.4 Å². The molecule has 0 aliphatic rings. The summed E-state index contributed by atoms with van der Waals surface area (Å²) in [6.45, 7) is 0. The van der Waals surface area contributed by atoms with Crippen LogP contribution in [0.2, 0.25) is 0 Å². The van der Waals surface area contributed by atoms with Crippen LogP contribution in [0.15, 0.2) is 28.1 Å². The Morgan fingerprint density at radius 1 is 1.40 bits per heavy atom. The second-order valence-electron chi connectivity index (χ2n) is 2.02. The molecule has 0 fully saturated rings. The van der Waals surface area contributed by atoms with Crippen LogP contribution < -0.4 is 0 Å². The molecule has 0 unspecified atom stereocenters. The Kier molecular flexibility index (Phi) is 1.51. The molecule has 10 heavy (non-hydrogen) atoms. The molecular formula is C8H4BrS. The lowest BCUT2D eigenvalue weighted by molar-refractivity contribution is 1.77. The molecule has 0 N–H and O–H groups in total. The standard InChI is InChI=1S/C8H4BrS/c9-7-2-1-6-3-4-10-8(6)5-7/h1-2,4-5H. The van der Waals surface area contributed by atoms with Crippen LogP contribution in [0.1, 0.15) is 0 Å². The van der Waals surface area contributed by atoms with Crippen LogP contribution in [0.3, 0.4) is 0 Å². The minimum Gasteiger partial charge on any atom is -0.143 e. The third kappa shape index (κ3) is 0.976. The van der Waals surface area contributed by atoms with Crippen molar-refractivity contribution in [1.82, 2.24) is 0 Å². The van der Waals surface area contributed by atoms with Gasteiger partial charge in [-0.05, 0) is 17.5 Å². The zero-order valence-electron chi connectivity index (χ0n) is 5.10. The highest BCUT2D eigenvalue weighted by Crippen LogP contribution is 2.23. The summed E-state index contributed by atoms with van der Waals surface area (Å²) in [5, 5.41) is 3.19. The van der Waals surface area contributed by atoms with Gasteiger partial charge < -0.3 is 0 Å². The van der Waals surface area contributed by atoms with E-state index in [4.69, 9.17) is 0 Å². The fraction of sp³-hybridized carbons (Fsp3) is 0. The molecule has 0 atom stereocenters. The van der Waals surface area contributed by atoms with Crippen LogP contribution >= 0.6 is 27.3 Å². The molecule has 2 aromatic rings. The van der Waals surface area contributed by atoms with E-state index in [9.17, 15) is 0 Å². The second kappa shape index (κ2) is 2.36. The number of hydrogen-bond acceptors (Lipinski definition) is 1. The second-order valence-corrected chi connectivity index (χ2v) is 3.85. The van der Waals surface area contributed by atoms with Crippen molar-refractivity contribution < 1.29 is 0 Å². The monoisotopic (exact) mass is 211 g/mol. The van der Waals surface area contributed by atoms with E-state index in [2.05, 4.69) is 34.1 Å². The Labute approximate surface area is 71.6 Å². The molecule has 0 saturated carbocycles. The van der Waals surface area contributed by atoms with E-state index in [1.54, 1.807) is 11.3 Å². The van der Waals surface area contributed by atoms with Crippen molar-refractivity contribution in [3.63, 3.8) is 0 Å². The minimum atomic E-state index is 1.14. The van der Waals surface area contributed by atoms with Gasteiger partial charge in [0.25, 0.3) is 0 Å². The van der Waals surface area contributed by atoms with Gasteiger partial charge in [-0.25, -0.2) is 0 Å². The number of halogens is 1. The molecule has 1 aromatic heterocycles. The topological polar surface area (TPSA) is 0 Å².